The summed E-state index contributed by atoms with van der Waals surface area (Å²) in [5.74, 6) is -0.264. The number of H-pyrrole nitrogens is 1. The average molecular weight is 507 g/mol. The van der Waals surface area contributed by atoms with Gasteiger partial charge in [0, 0.05) is 37.1 Å². The maximum Gasteiger partial charge on any atom is 0.422 e. The quantitative estimate of drug-likeness (QED) is 0.366. The normalized spacial score (nSPS) is 13.7. The highest BCUT2D eigenvalue weighted by molar-refractivity contribution is 5.95. The number of hydrogen-bond donors (Lipinski definition) is 1. The highest BCUT2D eigenvalue weighted by Gasteiger charge is 2.29. The van der Waals surface area contributed by atoms with Gasteiger partial charge in [0.15, 0.2) is 6.61 Å². The van der Waals surface area contributed by atoms with Crippen molar-refractivity contribution in [2.75, 3.05) is 24.6 Å². The summed E-state index contributed by atoms with van der Waals surface area (Å²) in [6.45, 7) is 0.530. The summed E-state index contributed by atoms with van der Waals surface area (Å²) in [5, 5.41) is 0. The number of carbonyl (C=O) groups is 1. The number of nitrogens with one attached hydrogen (secondary N) is 1. The van der Waals surface area contributed by atoms with Gasteiger partial charge < -0.3 is 19.5 Å². The number of nitrogens with zero attached hydrogens (tertiary/aromatic N) is 3. The molecule has 1 amide bonds. The molecule has 190 valence electrons. The molecular weight excluding hydrogens is 481 g/mol. The molecule has 0 saturated heterocycles. The largest absolute Gasteiger partial charge is 0.484 e. The molecule has 6 nitrogen and oxygen atoms in total. The van der Waals surface area contributed by atoms with Gasteiger partial charge in [0.05, 0.1) is 18.6 Å². The number of imidazole rings is 1. The Hall–Kier alpha value is -4.27. The predicted octanol–water partition coefficient (Wildman–Crippen LogP) is 5.68. The van der Waals surface area contributed by atoms with Crippen LogP contribution in [0.5, 0.6) is 5.75 Å². The number of rotatable bonds is 6. The highest BCUT2D eigenvalue weighted by atomic mass is 19.4. The zero-order chi connectivity index (χ0) is 25.8. The van der Waals surface area contributed by atoms with E-state index in [0.29, 0.717) is 26.2 Å². The molecule has 0 radical (unpaired) electrons. The molecule has 0 saturated carbocycles. The fourth-order valence-electron chi connectivity index (χ4n) is 4.45. The second kappa shape index (κ2) is 10.4. The maximum atomic E-state index is 13.5. The number of anilines is 1. The lowest BCUT2D eigenvalue weighted by molar-refractivity contribution is -0.153. The summed E-state index contributed by atoms with van der Waals surface area (Å²) < 4.78 is 42.6. The van der Waals surface area contributed by atoms with Gasteiger partial charge in [0.25, 0.3) is 5.91 Å². The van der Waals surface area contributed by atoms with Crippen LogP contribution in [-0.4, -0.2) is 46.6 Å². The first-order chi connectivity index (χ1) is 17.9. The first-order valence-electron chi connectivity index (χ1n) is 11.9. The zero-order valence-electron chi connectivity index (χ0n) is 19.9. The minimum atomic E-state index is -4.46. The van der Waals surface area contributed by atoms with Crippen molar-refractivity contribution in [1.82, 2.24) is 14.9 Å². The van der Waals surface area contributed by atoms with E-state index in [4.69, 9.17) is 4.74 Å². The molecule has 5 rings (SSSR count). The Bertz CT molecular complexity index is 1360. The Labute approximate surface area is 212 Å². The van der Waals surface area contributed by atoms with Gasteiger partial charge in [-0.25, -0.2) is 4.98 Å². The van der Waals surface area contributed by atoms with Gasteiger partial charge >= 0.3 is 6.18 Å². The van der Waals surface area contributed by atoms with Gasteiger partial charge in [-0.15, -0.1) is 0 Å². The molecule has 0 fully saturated rings. The van der Waals surface area contributed by atoms with Crippen LogP contribution in [0.3, 0.4) is 0 Å². The van der Waals surface area contributed by atoms with Gasteiger partial charge in [0.1, 0.15) is 5.75 Å². The maximum absolute atomic E-state index is 13.5. The molecule has 0 bridgehead atoms. The monoisotopic (exact) mass is 506 g/mol. The Morgan fingerprint density at radius 1 is 0.973 bits per heavy atom. The average Bonchev–Trinajstić information content (AvgIpc) is 3.35. The SMILES string of the molecule is O=C(c1cccc(OCC(F)(F)F)c1)N1CCN(Cc2c[nH]cn2)c2ccc(-c3ccccc3)cc2C1. The van der Waals surface area contributed by atoms with Crippen LogP contribution < -0.4 is 9.64 Å². The van der Waals surface area contributed by atoms with E-state index in [9.17, 15) is 18.0 Å². The van der Waals surface area contributed by atoms with E-state index in [1.54, 1.807) is 17.3 Å². The molecule has 0 unspecified atom stereocenters. The summed E-state index contributed by atoms with van der Waals surface area (Å²) in [6, 6.07) is 22.1. The predicted molar refractivity (Wildman–Crippen MR) is 134 cm³/mol. The van der Waals surface area contributed by atoms with Crippen LogP contribution in [0.15, 0.2) is 85.3 Å². The third-order valence-corrected chi connectivity index (χ3v) is 6.21. The van der Waals surface area contributed by atoms with Crippen molar-refractivity contribution in [2.45, 2.75) is 19.3 Å². The van der Waals surface area contributed by atoms with Gasteiger partial charge in [-0.2, -0.15) is 13.2 Å². The van der Waals surface area contributed by atoms with E-state index in [1.165, 1.54) is 18.2 Å². The molecular formula is C28H25F3N4O2. The van der Waals surface area contributed by atoms with Crippen molar-refractivity contribution in [1.29, 1.82) is 0 Å². The molecule has 0 atom stereocenters. The molecule has 9 heteroatoms. The minimum absolute atomic E-state index is 0.00456. The second-order valence-corrected chi connectivity index (χ2v) is 8.85. The van der Waals surface area contributed by atoms with E-state index in [1.807, 2.05) is 36.5 Å². The molecule has 2 heterocycles. The van der Waals surface area contributed by atoms with Crippen molar-refractivity contribution in [3.05, 3.63) is 102 Å². The Balaban J connectivity index is 1.44. The minimum Gasteiger partial charge on any atom is -0.484 e. The number of carbonyl (C=O) groups excluding carboxylic acids is 1. The van der Waals surface area contributed by atoms with Gasteiger partial charge in [0.2, 0.25) is 0 Å². The standard InChI is InChI=1S/C28H25F3N4O2/c29-28(30,31)18-37-25-8-4-7-22(14-25)27(36)35-12-11-34(17-24-15-32-19-33-24)26-10-9-21(13-23(26)16-35)20-5-2-1-3-6-20/h1-10,13-15,19H,11-12,16-18H2,(H,32,33). The van der Waals surface area contributed by atoms with Gasteiger partial charge in [-0.05, 0) is 47.0 Å². The number of aromatic amines is 1. The number of aromatic nitrogens is 2. The topological polar surface area (TPSA) is 61.5 Å². The van der Waals surface area contributed by atoms with Crippen molar-refractivity contribution in [2.24, 2.45) is 0 Å². The number of ether oxygens (including phenoxy) is 1. The molecule has 1 aliphatic rings. The summed E-state index contributed by atoms with van der Waals surface area (Å²) in [5.41, 5.74) is 5.26. The summed E-state index contributed by atoms with van der Waals surface area (Å²) >= 11 is 0. The van der Waals surface area contributed by atoms with Gasteiger partial charge in [-0.1, -0.05) is 42.5 Å². The molecule has 0 aliphatic carbocycles. The van der Waals surface area contributed by atoms with Crippen molar-refractivity contribution < 1.29 is 22.7 Å². The van der Waals surface area contributed by atoms with Crippen LogP contribution in [-0.2, 0) is 13.1 Å². The van der Waals surface area contributed by atoms with E-state index < -0.39 is 12.8 Å². The third-order valence-electron chi connectivity index (χ3n) is 6.21. The first kappa shape index (κ1) is 24.4. The molecule has 1 aromatic heterocycles. The summed E-state index contributed by atoms with van der Waals surface area (Å²) in [7, 11) is 0. The van der Waals surface area contributed by atoms with Crippen LogP contribution in [0.2, 0.25) is 0 Å². The highest BCUT2D eigenvalue weighted by Crippen LogP contribution is 2.32. The van der Waals surface area contributed by atoms with Crippen LogP contribution in [0, 0.1) is 0 Å². The number of amides is 1. The fourth-order valence-corrected chi connectivity index (χ4v) is 4.45. The van der Waals surface area contributed by atoms with Crippen LogP contribution in [0.1, 0.15) is 21.6 Å². The van der Waals surface area contributed by atoms with Crippen molar-refractivity contribution >= 4 is 11.6 Å². The smallest absolute Gasteiger partial charge is 0.422 e. The lowest BCUT2D eigenvalue weighted by Crippen LogP contribution is -2.35. The lowest BCUT2D eigenvalue weighted by atomic mass is 10.0. The zero-order valence-corrected chi connectivity index (χ0v) is 19.9. The Kier molecular flexibility index (Phi) is 6.85. The number of halogens is 3. The van der Waals surface area contributed by atoms with E-state index in [0.717, 1.165) is 28.1 Å². The molecule has 4 aromatic rings. The van der Waals surface area contributed by atoms with Gasteiger partial charge in [-0.3, -0.25) is 4.79 Å². The number of fused-ring (bicyclic) bond motifs is 1. The Morgan fingerprint density at radius 3 is 2.57 bits per heavy atom. The molecule has 0 spiro atoms. The van der Waals surface area contributed by atoms with E-state index in [-0.39, 0.29) is 17.2 Å². The van der Waals surface area contributed by atoms with Crippen LogP contribution in [0.25, 0.3) is 11.1 Å². The molecule has 3 aromatic carbocycles. The lowest BCUT2D eigenvalue weighted by Gasteiger charge is -2.24. The van der Waals surface area contributed by atoms with Crippen molar-refractivity contribution in [3.8, 4) is 16.9 Å². The third kappa shape index (κ3) is 5.94. The molecule has 37 heavy (non-hydrogen) atoms. The van der Waals surface area contributed by atoms with Crippen LogP contribution >= 0.6 is 0 Å². The number of benzene rings is 3. The molecule has 1 aliphatic heterocycles. The number of alkyl halides is 3. The van der Waals surface area contributed by atoms with Crippen molar-refractivity contribution in [3.63, 3.8) is 0 Å². The Morgan fingerprint density at radius 2 is 1.81 bits per heavy atom. The summed E-state index contributed by atoms with van der Waals surface area (Å²) in [4.78, 5) is 24.8. The fraction of sp³-hybridized carbons (Fsp3) is 0.214. The molecule has 1 N–H and O–H groups in total. The van der Waals surface area contributed by atoms with E-state index >= 15 is 0 Å². The number of hydrogen-bond acceptors (Lipinski definition) is 4. The van der Waals surface area contributed by atoms with E-state index in [2.05, 4.69) is 33.1 Å². The first-order valence-corrected chi connectivity index (χ1v) is 11.9. The second-order valence-electron chi connectivity index (χ2n) is 8.85. The van der Waals surface area contributed by atoms with Crippen LogP contribution in [0.4, 0.5) is 18.9 Å². The summed E-state index contributed by atoms with van der Waals surface area (Å²) in [6.07, 6.45) is -0.975.